The predicted molar refractivity (Wildman–Crippen MR) is 66.3 cm³/mol. The first-order valence-corrected chi connectivity index (χ1v) is 6.39. The average Bonchev–Trinajstić information content (AvgIpc) is 2.73. The van der Waals surface area contributed by atoms with Gasteiger partial charge in [0, 0.05) is 13.0 Å². The molecular weight excluding hydrogens is 200 g/mol. The highest BCUT2D eigenvalue weighted by Crippen LogP contribution is 2.11. The highest BCUT2D eigenvalue weighted by atomic mass is 15.3. The highest BCUT2D eigenvalue weighted by molar-refractivity contribution is 4.87. The van der Waals surface area contributed by atoms with E-state index in [9.17, 15) is 0 Å². The molecule has 0 radical (unpaired) electrons. The molecule has 0 aliphatic rings. The van der Waals surface area contributed by atoms with E-state index >= 15 is 0 Å². The number of hydrogen-bond donors (Lipinski definition) is 1. The minimum atomic E-state index is 0.680. The maximum absolute atomic E-state index is 4.34. The van der Waals surface area contributed by atoms with E-state index in [2.05, 4.69) is 36.2 Å². The summed E-state index contributed by atoms with van der Waals surface area (Å²) in [5.41, 5.74) is 0. The molecule has 16 heavy (non-hydrogen) atoms. The summed E-state index contributed by atoms with van der Waals surface area (Å²) in [6.07, 6.45) is 5.18. The summed E-state index contributed by atoms with van der Waals surface area (Å²) in [5, 5.41) is 7.64. The van der Waals surface area contributed by atoms with Crippen LogP contribution < -0.4 is 5.32 Å². The second kappa shape index (κ2) is 7.39. The van der Waals surface area contributed by atoms with E-state index in [0.717, 1.165) is 31.9 Å². The van der Waals surface area contributed by atoms with Crippen molar-refractivity contribution in [2.75, 3.05) is 13.1 Å². The molecule has 0 aromatic carbocycles. The van der Waals surface area contributed by atoms with Crippen molar-refractivity contribution in [3.8, 4) is 0 Å². The molecule has 0 saturated carbocycles. The summed E-state index contributed by atoms with van der Waals surface area (Å²) < 4.78 is 1.99. The molecule has 0 aliphatic carbocycles. The first kappa shape index (κ1) is 13.2. The lowest BCUT2D eigenvalue weighted by Crippen LogP contribution is -2.25. The second-order valence-electron chi connectivity index (χ2n) is 4.16. The molecule has 0 amide bonds. The Hall–Kier alpha value is -0.900. The van der Waals surface area contributed by atoms with Crippen LogP contribution in [0.2, 0.25) is 0 Å². The van der Waals surface area contributed by atoms with E-state index in [1.165, 1.54) is 12.8 Å². The number of nitrogens with one attached hydrogen (secondary N) is 1. The largest absolute Gasteiger partial charge is 0.317 e. The monoisotopic (exact) mass is 224 g/mol. The molecule has 0 spiro atoms. The zero-order chi connectivity index (χ0) is 11.8. The van der Waals surface area contributed by atoms with E-state index in [0.29, 0.717) is 5.92 Å². The van der Waals surface area contributed by atoms with Crippen LogP contribution >= 0.6 is 0 Å². The summed E-state index contributed by atoms with van der Waals surface area (Å²) >= 11 is 0. The molecule has 1 rings (SSSR count). The predicted octanol–water partition coefficient (Wildman–Crippen LogP) is 1.87. The fourth-order valence-corrected chi connectivity index (χ4v) is 2.00. The van der Waals surface area contributed by atoms with Crippen LogP contribution in [0.5, 0.6) is 0 Å². The van der Waals surface area contributed by atoms with Crippen LogP contribution in [0.4, 0.5) is 0 Å². The van der Waals surface area contributed by atoms with Crippen LogP contribution in [0.3, 0.4) is 0 Å². The molecule has 0 bridgehead atoms. The third-order valence-corrected chi connectivity index (χ3v) is 2.85. The van der Waals surface area contributed by atoms with Crippen LogP contribution in [0.25, 0.3) is 0 Å². The number of aryl methyl sites for hydroxylation is 1. The molecule has 0 fully saturated rings. The van der Waals surface area contributed by atoms with Gasteiger partial charge in [-0.2, -0.15) is 5.10 Å². The van der Waals surface area contributed by atoms with Crippen molar-refractivity contribution in [1.29, 1.82) is 0 Å². The zero-order valence-corrected chi connectivity index (χ0v) is 10.7. The first-order chi connectivity index (χ1) is 7.81. The molecule has 0 aliphatic heterocycles. The number of hydrogen-bond acceptors (Lipinski definition) is 3. The molecule has 1 N–H and O–H groups in total. The number of nitrogens with zero attached hydrogens (tertiary/aromatic N) is 3. The maximum atomic E-state index is 4.34. The SMILES string of the molecule is CCCC(CNCC)Cc1ncnn1CC. The Morgan fingerprint density at radius 2 is 2.19 bits per heavy atom. The minimum absolute atomic E-state index is 0.680. The third-order valence-electron chi connectivity index (χ3n) is 2.85. The Balaban J connectivity index is 2.52. The Morgan fingerprint density at radius 1 is 1.38 bits per heavy atom. The van der Waals surface area contributed by atoms with Gasteiger partial charge in [0.15, 0.2) is 0 Å². The quantitative estimate of drug-likeness (QED) is 0.733. The van der Waals surface area contributed by atoms with Gasteiger partial charge < -0.3 is 5.32 Å². The van der Waals surface area contributed by atoms with E-state index in [4.69, 9.17) is 0 Å². The number of aromatic nitrogens is 3. The third kappa shape index (κ3) is 3.93. The molecule has 1 aromatic rings. The highest BCUT2D eigenvalue weighted by Gasteiger charge is 2.12. The van der Waals surface area contributed by atoms with Gasteiger partial charge in [-0.25, -0.2) is 4.98 Å². The van der Waals surface area contributed by atoms with Crippen molar-refractivity contribution in [2.45, 2.75) is 46.6 Å². The van der Waals surface area contributed by atoms with Gasteiger partial charge >= 0.3 is 0 Å². The molecule has 4 nitrogen and oxygen atoms in total. The van der Waals surface area contributed by atoms with E-state index in [1.54, 1.807) is 6.33 Å². The molecule has 1 atom stereocenters. The summed E-state index contributed by atoms with van der Waals surface area (Å²) in [5.74, 6) is 1.80. The fourth-order valence-electron chi connectivity index (χ4n) is 2.00. The minimum Gasteiger partial charge on any atom is -0.317 e. The Bertz CT molecular complexity index is 282. The summed E-state index contributed by atoms with van der Waals surface area (Å²) in [4.78, 5) is 4.34. The fraction of sp³-hybridized carbons (Fsp3) is 0.833. The van der Waals surface area contributed by atoms with Crippen molar-refractivity contribution in [2.24, 2.45) is 5.92 Å². The van der Waals surface area contributed by atoms with Crippen molar-refractivity contribution in [3.63, 3.8) is 0 Å². The normalized spacial score (nSPS) is 12.9. The average molecular weight is 224 g/mol. The van der Waals surface area contributed by atoms with Crippen LogP contribution in [0.15, 0.2) is 6.33 Å². The molecule has 1 heterocycles. The zero-order valence-electron chi connectivity index (χ0n) is 10.7. The lowest BCUT2D eigenvalue weighted by Gasteiger charge is -2.16. The second-order valence-corrected chi connectivity index (χ2v) is 4.16. The van der Waals surface area contributed by atoms with Gasteiger partial charge in [0.1, 0.15) is 12.2 Å². The molecule has 1 aromatic heterocycles. The standard InChI is InChI=1S/C12H24N4/c1-4-7-11(9-13-5-2)8-12-14-10-15-16(12)6-3/h10-11,13H,4-9H2,1-3H3. The van der Waals surface area contributed by atoms with E-state index < -0.39 is 0 Å². The van der Waals surface area contributed by atoms with Crippen molar-refractivity contribution in [1.82, 2.24) is 20.1 Å². The van der Waals surface area contributed by atoms with Gasteiger partial charge in [-0.3, -0.25) is 4.68 Å². The maximum Gasteiger partial charge on any atom is 0.138 e. The molecular formula is C12H24N4. The number of rotatable bonds is 8. The molecule has 1 unspecified atom stereocenters. The van der Waals surface area contributed by atoms with Gasteiger partial charge in [-0.15, -0.1) is 0 Å². The van der Waals surface area contributed by atoms with Crippen LogP contribution in [-0.2, 0) is 13.0 Å². The Kier molecular flexibility index (Phi) is 6.08. The molecule has 92 valence electrons. The van der Waals surface area contributed by atoms with Gasteiger partial charge in [-0.05, 0) is 32.4 Å². The van der Waals surface area contributed by atoms with Gasteiger partial charge in [-0.1, -0.05) is 20.3 Å². The van der Waals surface area contributed by atoms with Crippen LogP contribution in [0, 0.1) is 5.92 Å². The lowest BCUT2D eigenvalue weighted by atomic mass is 9.99. The van der Waals surface area contributed by atoms with Crippen LogP contribution in [-0.4, -0.2) is 27.9 Å². The molecule has 0 saturated heterocycles. The van der Waals surface area contributed by atoms with E-state index in [-0.39, 0.29) is 0 Å². The smallest absolute Gasteiger partial charge is 0.138 e. The van der Waals surface area contributed by atoms with Gasteiger partial charge in [0.25, 0.3) is 0 Å². The Labute approximate surface area is 98.5 Å². The van der Waals surface area contributed by atoms with Crippen molar-refractivity contribution < 1.29 is 0 Å². The lowest BCUT2D eigenvalue weighted by molar-refractivity contribution is 0.424. The topological polar surface area (TPSA) is 42.7 Å². The first-order valence-electron chi connectivity index (χ1n) is 6.39. The van der Waals surface area contributed by atoms with E-state index in [1.807, 2.05) is 4.68 Å². The van der Waals surface area contributed by atoms with Crippen molar-refractivity contribution in [3.05, 3.63) is 12.2 Å². The molecule has 4 heteroatoms. The van der Waals surface area contributed by atoms with Gasteiger partial charge in [0.2, 0.25) is 0 Å². The van der Waals surface area contributed by atoms with Crippen LogP contribution in [0.1, 0.15) is 39.4 Å². The van der Waals surface area contributed by atoms with Gasteiger partial charge in [0.05, 0.1) is 0 Å². The Morgan fingerprint density at radius 3 is 2.81 bits per heavy atom. The summed E-state index contributed by atoms with van der Waals surface area (Å²) in [7, 11) is 0. The van der Waals surface area contributed by atoms with Crippen molar-refractivity contribution >= 4 is 0 Å². The summed E-state index contributed by atoms with van der Waals surface area (Å²) in [6.45, 7) is 9.54. The summed E-state index contributed by atoms with van der Waals surface area (Å²) in [6, 6.07) is 0.